The Balaban J connectivity index is 0. The molecule has 1 aromatic carbocycles. The number of carboxylic acids is 1. The zero-order valence-corrected chi connectivity index (χ0v) is 18.0. The molecule has 1 heterocycles. The van der Waals surface area contributed by atoms with Crippen molar-refractivity contribution in [3.05, 3.63) is 54.2 Å². The summed E-state index contributed by atoms with van der Waals surface area (Å²) in [4.78, 5) is 15.6. The van der Waals surface area contributed by atoms with Crippen molar-refractivity contribution in [1.82, 2.24) is 4.98 Å². The van der Waals surface area contributed by atoms with E-state index in [0.29, 0.717) is 12.8 Å². The fourth-order valence-electron chi connectivity index (χ4n) is 2.27. The van der Waals surface area contributed by atoms with Gasteiger partial charge in [0.2, 0.25) is 0 Å². The van der Waals surface area contributed by atoms with Crippen LogP contribution in [0.5, 0.6) is 0 Å². The Labute approximate surface area is 165 Å². The largest absolute Gasteiger partial charge is 0.481 e. The normalized spacial score (nSPS) is 9.96. The number of aliphatic carboxylic acids is 1. The van der Waals surface area contributed by atoms with Gasteiger partial charge in [-0.15, -0.1) is 0 Å². The molecule has 4 heteroatoms. The molecule has 0 bridgehead atoms. The summed E-state index contributed by atoms with van der Waals surface area (Å²) in [5.74, 6) is -1.04. The highest BCUT2D eigenvalue weighted by Crippen LogP contribution is 2.19. The van der Waals surface area contributed by atoms with E-state index < -0.39 is 5.97 Å². The lowest BCUT2D eigenvalue weighted by Gasteiger charge is -2.11. The van der Waals surface area contributed by atoms with Gasteiger partial charge in [-0.25, -0.2) is 0 Å². The molecule has 1 aromatic heterocycles. The Morgan fingerprint density at radius 3 is 2.04 bits per heavy atom. The van der Waals surface area contributed by atoms with E-state index in [2.05, 4.69) is 17.6 Å². The van der Waals surface area contributed by atoms with Crippen LogP contribution in [0.1, 0.15) is 53.0 Å². The number of carboxylic acid groups (broad SMARTS) is 1. The molecule has 1 N–H and O–H groups in total. The molecule has 146 valence electrons. The standard InChI is InChI=1S/C17H19NO2.2C2H6.CH4S/c1-2-6-15(17(19)20)11-13-9-10-16(18-12-13)14-7-4-3-5-8-14;3*1-2/h3-5,7-10,12,15H,2,6,11H2,1H3,(H,19,20);2*1-2H3;2H,1H3. The van der Waals surface area contributed by atoms with E-state index in [1.165, 1.54) is 0 Å². The average Bonchev–Trinajstić information content (AvgIpc) is 2.73. The van der Waals surface area contributed by atoms with Gasteiger partial charge in [0.15, 0.2) is 0 Å². The van der Waals surface area contributed by atoms with Crippen molar-refractivity contribution in [2.24, 2.45) is 5.92 Å². The van der Waals surface area contributed by atoms with Crippen LogP contribution in [-0.2, 0) is 11.2 Å². The Morgan fingerprint density at radius 2 is 1.62 bits per heavy atom. The summed E-state index contributed by atoms with van der Waals surface area (Å²) < 4.78 is 0. The van der Waals surface area contributed by atoms with E-state index in [0.717, 1.165) is 23.2 Å². The molecule has 0 radical (unpaired) electrons. The lowest BCUT2D eigenvalue weighted by Crippen LogP contribution is -2.16. The molecular weight excluding hydrogens is 342 g/mol. The number of carbonyl (C=O) groups is 1. The molecule has 3 nitrogen and oxygen atoms in total. The molecule has 1 unspecified atom stereocenters. The molecule has 2 rings (SSSR count). The molecule has 1 atom stereocenters. The van der Waals surface area contributed by atoms with Crippen molar-refractivity contribution in [2.45, 2.75) is 53.9 Å². The molecular formula is C22H35NO2S. The number of hydrogen-bond donors (Lipinski definition) is 2. The van der Waals surface area contributed by atoms with Crippen LogP contribution in [0, 0.1) is 5.92 Å². The van der Waals surface area contributed by atoms with Gasteiger partial charge in [0.1, 0.15) is 0 Å². The van der Waals surface area contributed by atoms with Crippen LogP contribution in [0.4, 0.5) is 0 Å². The van der Waals surface area contributed by atoms with Crippen LogP contribution >= 0.6 is 12.6 Å². The van der Waals surface area contributed by atoms with Gasteiger partial charge in [0.25, 0.3) is 0 Å². The monoisotopic (exact) mass is 377 g/mol. The van der Waals surface area contributed by atoms with E-state index in [1.807, 2.05) is 77.1 Å². The molecule has 0 aliphatic heterocycles. The highest BCUT2D eigenvalue weighted by molar-refractivity contribution is 7.79. The molecule has 0 aliphatic carbocycles. The summed E-state index contributed by atoms with van der Waals surface area (Å²) in [7, 11) is 0. The first-order valence-corrected chi connectivity index (χ1v) is 10.3. The molecule has 0 aliphatic rings. The van der Waals surface area contributed by atoms with Crippen molar-refractivity contribution in [3.63, 3.8) is 0 Å². The number of pyridine rings is 1. The molecule has 0 fully saturated rings. The maximum absolute atomic E-state index is 11.2. The van der Waals surface area contributed by atoms with Crippen LogP contribution in [0.25, 0.3) is 11.3 Å². The third-order valence-electron chi connectivity index (χ3n) is 3.36. The number of benzene rings is 1. The second kappa shape index (κ2) is 18.0. The molecule has 0 saturated carbocycles. The molecule has 0 amide bonds. The third kappa shape index (κ3) is 10.2. The van der Waals surface area contributed by atoms with Crippen LogP contribution in [0.3, 0.4) is 0 Å². The second-order valence-corrected chi connectivity index (χ2v) is 4.95. The van der Waals surface area contributed by atoms with E-state index in [-0.39, 0.29) is 5.92 Å². The number of thiol groups is 1. The van der Waals surface area contributed by atoms with E-state index in [4.69, 9.17) is 0 Å². The summed E-state index contributed by atoms with van der Waals surface area (Å²) >= 11 is 3.53. The Hall–Kier alpha value is -1.81. The first kappa shape index (κ1) is 26.4. The van der Waals surface area contributed by atoms with E-state index in [1.54, 1.807) is 12.5 Å². The predicted octanol–water partition coefficient (Wildman–Crippen LogP) is 6.39. The van der Waals surface area contributed by atoms with Gasteiger partial charge >= 0.3 is 5.97 Å². The van der Waals surface area contributed by atoms with Gasteiger partial charge in [-0.2, -0.15) is 12.6 Å². The average molecular weight is 378 g/mol. The molecule has 0 saturated heterocycles. The number of aromatic nitrogens is 1. The Bertz CT molecular complexity index is 556. The zero-order valence-electron chi connectivity index (χ0n) is 17.1. The highest BCUT2D eigenvalue weighted by atomic mass is 32.1. The first-order chi connectivity index (χ1) is 12.7. The molecule has 2 aromatic rings. The maximum atomic E-state index is 11.2. The fourth-order valence-corrected chi connectivity index (χ4v) is 2.27. The first-order valence-electron chi connectivity index (χ1n) is 9.38. The number of nitrogens with zero attached hydrogens (tertiary/aromatic N) is 1. The number of hydrogen-bond acceptors (Lipinski definition) is 3. The highest BCUT2D eigenvalue weighted by Gasteiger charge is 2.16. The summed E-state index contributed by atoms with van der Waals surface area (Å²) in [5.41, 5.74) is 2.96. The maximum Gasteiger partial charge on any atom is 0.306 e. The van der Waals surface area contributed by atoms with Gasteiger partial charge < -0.3 is 5.11 Å². The fraction of sp³-hybridized carbons (Fsp3) is 0.455. The van der Waals surface area contributed by atoms with Crippen molar-refractivity contribution >= 4 is 18.6 Å². The Kier molecular flexibility index (Phi) is 18.3. The van der Waals surface area contributed by atoms with Gasteiger partial charge in [0.05, 0.1) is 11.6 Å². The summed E-state index contributed by atoms with van der Waals surface area (Å²) in [6.45, 7) is 10.0. The van der Waals surface area contributed by atoms with E-state index >= 15 is 0 Å². The summed E-state index contributed by atoms with van der Waals surface area (Å²) in [5, 5.41) is 9.18. The van der Waals surface area contributed by atoms with Crippen molar-refractivity contribution in [2.75, 3.05) is 6.26 Å². The minimum Gasteiger partial charge on any atom is -0.481 e. The molecule has 26 heavy (non-hydrogen) atoms. The molecule has 0 spiro atoms. The Morgan fingerprint density at radius 1 is 1.04 bits per heavy atom. The van der Waals surface area contributed by atoms with Crippen LogP contribution < -0.4 is 0 Å². The topological polar surface area (TPSA) is 50.2 Å². The minimum absolute atomic E-state index is 0.315. The smallest absolute Gasteiger partial charge is 0.306 e. The number of rotatable bonds is 6. The quantitative estimate of drug-likeness (QED) is 0.573. The zero-order chi connectivity index (χ0) is 20.4. The lowest BCUT2D eigenvalue weighted by atomic mass is 9.96. The van der Waals surface area contributed by atoms with Crippen molar-refractivity contribution < 1.29 is 9.90 Å². The van der Waals surface area contributed by atoms with Crippen molar-refractivity contribution in [3.8, 4) is 11.3 Å². The second-order valence-electron chi connectivity index (χ2n) is 4.95. The van der Waals surface area contributed by atoms with Gasteiger partial charge in [-0.05, 0) is 30.7 Å². The van der Waals surface area contributed by atoms with Gasteiger partial charge in [-0.1, -0.05) is 77.4 Å². The van der Waals surface area contributed by atoms with Crippen molar-refractivity contribution in [1.29, 1.82) is 0 Å². The van der Waals surface area contributed by atoms with Gasteiger partial charge in [0, 0.05) is 11.8 Å². The summed E-state index contributed by atoms with van der Waals surface area (Å²) in [6, 6.07) is 13.9. The third-order valence-corrected chi connectivity index (χ3v) is 3.36. The SMILES string of the molecule is CC.CC.CCCC(Cc1ccc(-c2ccccc2)nc1)C(=O)O.CS. The van der Waals surface area contributed by atoms with Crippen LogP contribution in [0.15, 0.2) is 48.7 Å². The van der Waals surface area contributed by atoms with E-state index in [9.17, 15) is 9.90 Å². The van der Waals surface area contributed by atoms with Crippen LogP contribution in [-0.4, -0.2) is 22.3 Å². The predicted molar refractivity (Wildman–Crippen MR) is 117 cm³/mol. The van der Waals surface area contributed by atoms with Gasteiger partial charge in [-0.3, -0.25) is 9.78 Å². The summed E-state index contributed by atoms with van der Waals surface area (Å²) in [6.07, 6.45) is 5.61. The lowest BCUT2D eigenvalue weighted by molar-refractivity contribution is -0.141. The minimum atomic E-state index is -0.723. The van der Waals surface area contributed by atoms with Crippen LogP contribution in [0.2, 0.25) is 0 Å².